The van der Waals surface area contributed by atoms with Crippen LogP contribution in [0.3, 0.4) is 0 Å². The van der Waals surface area contributed by atoms with Gasteiger partial charge in [0, 0.05) is 0 Å². The van der Waals surface area contributed by atoms with Gasteiger partial charge in [0.25, 0.3) is 0 Å². The van der Waals surface area contributed by atoms with Gasteiger partial charge in [-0.2, -0.15) is 0 Å². The topological polar surface area (TPSA) is 91.7 Å². The van der Waals surface area contributed by atoms with Crippen LogP contribution < -0.4 is 11.6 Å². The van der Waals surface area contributed by atoms with Gasteiger partial charge in [0.1, 0.15) is 6.10 Å². The molecule has 0 aromatic rings. The van der Waals surface area contributed by atoms with Crippen LogP contribution in [0.25, 0.3) is 0 Å². The van der Waals surface area contributed by atoms with Gasteiger partial charge in [0.2, 0.25) is 5.96 Å². The molecule has 1 aliphatic heterocycles. The second-order valence-electron chi connectivity index (χ2n) is 1.99. The maximum Gasteiger partial charge on any atom is 0.202 e. The van der Waals surface area contributed by atoms with Gasteiger partial charge in [0.15, 0.2) is 0 Å². The van der Waals surface area contributed by atoms with Crippen LogP contribution in [0.4, 0.5) is 0 Å². The second kappa shape index (κ2) is 2.20. The van der Waals surface area contributed by atoms with Crippen molar-refractivity contribution in [2.45, 2.75) is 6.10 Å². The van der Waals surface area contributed by atoms with Crippen molar-refractivity contribution in [3.63, 3.8) is 0 Å². The van der Waals surface area contributed by atoms with E-state index in [4.69, 9.17) is 21.7 Å². The molecule has 1 fully saturated rings. The summed E-state index contributed by atoms with van der Waals surface area (Å²) in [5.41, 5.74) is 5.04. The molecule has 0 amide bonds. The monoisotopic (exact) mass is 130 g/mol. The number of rotatable bonds is 2. The van der Waals surface area contributed by atoms with Crippen molar-refractivity contribution in [2.75, 3.05) is 13.2 Å². The number of epoxide rings is 1. The van der Waals surface area contributed by atoms with Crippen LogP contribution in [0, 0.1) is 5.41 Å². The molecule has 5 heteroatoms. The van der Waals surface area contributed by atoms with E-state index in [0.29, 0.717) is 6.54 Å². The molecule has 1 heterocycles. The van der Waals surface area contributed by atoms with Crippen LogP contribution in [0.15, 0.2) is 0 Å². The Kier molecular flexibility index (Phi) is 1.54. The minimum Gasteiger partial charge on any atom is -0.371 e. The first-order valence-corrected chi connectivity index (χ1v) is 2.68. The first-order chi connectivity index (χ1) is 4.20. The first-order valence-electron chi connectivity index (χ1n) is 2.68. The third kappa shape index (κ3) is 1.87. The Morgan fingerprint density at radius 3 is 2.78 bits per heavy atom. The van der Waals surface area contributed by atoms with Gasteiger partial charge in [0.05, 0.1) is 13.2 Å². The fourth-order valence-corrected chi connectivity index (χ4v) is 0.491. The molecule has 0 bridgehead atoms. The fourth-order valence-electron chi connectivity index (χ4n) is 0.491. The minimum absolute atomic E-state index is 0.120. The lowest BCUT2D eigenvalue weighted by molar-refractivity contribution is 0.335. The summed E-state index contributed by atoms with van der Waals surface area (Å²) in [5.74, 6) is 5.14. The lowest BCUT2D eigenvalue weighted by atomic mass is 10.5. The van der Waals surface area contributed by atoms with E-state index < -0.39 is 0 Å². The lowest BCUT2D eigenvalue weighted by Crippen LogP contribution is -2.44. The zero-order valence-corrected chi connectivity index (χ0v) is 5.00. The quantitative estimate of drug-likeness (QED) is 0.139. The maximum absolute atomic E-state index is 6.84. The first kappa shape index (κ1) is 6.31. The molecule has 0 spiro atoms. The number of nitrogens with two attached hydrogens (primary N) is 2. The van der Waals surface area contributed by atoms with Gasteiger partial charge in [-0.15, -0.1) is 0 Å². The molecule has 1 atom stereocenters. The number of hydrazine groups is 1. The molecule has 1 unspecified atom stereocenters. The average molecular weight is 130 g/mol. The van der Waals surface area contributed by atoms with Crippen molar-refractivity contribution in [2.24, 2.45) is 11.6 Å². The summed E-state index contributed by atoms with van der Waals surface area (Å²) in [5, 5.41) is 8.01. The van der Waals surface area contributed by atoms with Crippen molar-refractivity contribution in [3.8, 4) is 0 Å². The van der Waals surface area contributed by atoms with Crippen LogP contribution in [-0.4, -0.2) is 30.2 Å². The Morgan fingerprint density at radius 1 is 1.89 bits per heavy atom. The molecule has 5 nitrogen and oxygen atoms in total. The van der Waals surface area contributed by atoms with E-state index in [9.17, 15) is 0 Å². The molecular formula is C4H10N4O. The van der Waals surface area contributed by atoms with Crippen LogP contribution >= 0.6 is 0 Å². The molecule has 52 valence electrons. The molecule has 9 heavy (non-hydrogen) atoms. The third-order valence-electron chi connectivity index (χ3n) is 1.11. The fraction of sp³-hybridized carbons (Fsp3) is 0.750. The van der Waals surface area contributed by atoms with Crippen molar-refractivity contribution in [1.29, 1.82) is 5.41 Å². The highest BCUT2D eigenvalue weighted by molar-refractivity contribution is 5.73. The van der Waals surface area contributed by atoms with Crippen LogP contribution in [0.5, 0.6) is 0 Å². The van der Waals surface area contributed by atoms with Gasteiger partial charge in [-0.3, -0.25) is 10.4 Å². The van der Waals surface area contributed by atoms with Crippen molar-refractivity contribution < 1.29 is 4.74 Å². The molecule has 5 N–H and O–H groups in total. The molecule has 1 rings (SSSR count). The third-order valence-corrected chi connectivity index (χ3v) is 1.11. The Hall–Kier alpha value is -0.810. The van der Waals surface area contributed by atoms with Crippen molar-refractivity contribution >= 4 is 5.96 Å². The summed E-state index contributed by atoms with van der Waals surface area (Å²) in [7, 11) is 0. The van der Waals surface area contributed by atoms with E-state index >= 15 is 0 Å². The van der Waals surface area contributed by atoms with Crippen molar-refractivity contribution in [1.82, 2.24) is 5.01 Å². The summed E-state index contributed by atoms with van der Waals surface area (Å²) < 4.78 is 4.86. The van der Waals surface area contributed by atoms with E-state index in [0.717, 1.165) is 11.6 Å². The number of guanidine groups is 1. The number of hydrogen-bond donors (Lipinski definition) is 3. The summed E-state index contributed by atoms with van der Waals surface area (Å²) in [6, 6.07) is 0. The number of hydrogen-bond acceptors (Lipinski definition) is 3. The zero-order chi connectivity index (χ0) is 6.85. The van der Waals surface area contributed by atoms with Gasteiger partial charge >= 0.3 is 0 Å². The van der Waals surface area contributed by atoms with Gasteiger partial charge < -0.3 is 10.5 Å². The summed E-state index contributed by atoms with van der Waals surface area (Å²) in [6.07, 6.45) is 0.193. The second-order valence-corrected chi connectivity index (χ2v) is 1.99. The zero-order valence-electron chi connectivity index (χ0n) is 5.00. The standard InChI is InChI=1S/C4H10N4O/c5-4(6)8(7)1-3-2-9-3/h3H,1-2,7H2,(H3,5,6). The SMILES string of the molecule is N=C(N)N(N)CC1CO1. The summed E-state index contributed by atoms with van der Waals surface area (Å²) in [4.78, 5) is 0. The van der Waals surface area contributed by atoms with Crippen molar-refractivity contribution in [3.05, 3.63) is 0 Å². The number of nitrogens with one attached hydrogen (secondary N) is 1. The highest BCUT2D eigenvalue weighted by Gasteiger charge is 2.24. The number of ether oxygens (including phenoxy) is 1. The van der Waals surface area contributed by atoms with Crippen LogP contribution in [-0.2, 0) is 4.74 Å². The molecule has 0 aliphatic carbocycles. The molecule has 1 aliphatic rings. The van der Waals surface area contributed by atoms with E-state index in [1.807, 2.05) is 0 Å². The normalized spacial score (nSPS) is 23.4. The maximum atomic E-state index is 6.84. The van der Waals surface area contributed by atoms with E-state index in [-0.39, 0.29) is 12.1 Å². The van der Waals surface area contributed by atoms with Crippen LogP contribution in [0.1, 0.15) is 0 Å². The van der Waals surface area contributed by atoms with E-state index in [2.05, 4.69) is 0 Å². The predicted molar refractivity (Wildman–Crippen MR) is 32.5 cm³/mol. The highest BCUT2D eigenvalue weighted by atomic mass is 16.6. The molecule has 1 saturated heterocycles. The van der Waals surface area contributed by atoms with E-state index in [1.54, 1.807) is 0 Å². The minimum atomic E-state index is -0.120. The largest absolute Gasteiger partial charge is 0.371 e. The Bertz CT molecular complexity index is 122. The van der Waals surface area contributed by atoms with Gasteiger partial charge in [-0.05, 0) is 0 Å². The van der Waals surface area contributed by atoms with E-state index in [1.165, 1.54) is 0 Å². The molecule has 0 aromatic heterocycles. The summed E-state index contributed by atoms with van der Waals surface area (Å²) >= 11 is 0. The highest BCUT2D eigenvalue weighted by Crippen LogP contribution is 2.08. The Labute approximate surface area is 53.0 Å². The molecule has 0 saturated carbocycles. The predicted octanol–water partition coefficient (Wildman–Crippen LogP) is -1.55. The Morgan fingerprint density at radius 2 is 2.44 bits per heavy atom. The molecule has 0 aromatic carbocycles. The lowest BCUT2D eigenvalue weighted by Gasteiger charge is -2.13. The average Bonchev–Trinajstić information content (AvgIpc) is 2.50. The van der Waals surface area contributed by atoms with Crippen LogP contribution in [0.2, 0.25) is 0 Å². The smallest absolute Gasteiger partial charge is 0.202 e. The van der Waals surface area contributed by atoms with Gasteiger partial charge in [-0.25, -0.2) is 5.84 Å². The Balaban J connectivity index is 2.16. The molecular weight excluding hydrogens is 120 g/mol. The summed E-state index contributed by atoms with van der Waals surface area (Å²) in [6.45, 7) is 1.26. The molecule has 0 radical (unpaired) electrons. The number of nitrogens with zero attached hydrogens (tertiary/aromatic N) is 1. The van der Waals surface area contributed by atoms with Gasteiger partial charge in [-0.1, -0.05) is 0 Å².